The smallest absolute Gasteiger partial charge is 0.307 e. The molecule has 2 rings (SSSR count). The van der Waals surface area contributed by atoms with Crippen molar-refractivity contribution in [2.45, 2.75) is 141 Å². The van der Waals surface area contributed by atoms with Gasteiger partial charge in [0.05, 0.1) is 6.26 Å². The van der Waals surface area contributed by atoms with Gasteiger partial charge < -0.3 is 9.47 Å². The summed E-state index contributed by atoms with van der Waals surface area (Å²) >= 11 is 0. The Morgan fingerprint density at radius 3 is 1.70 bits per heavy atom. The molecule has 0 fully saturated rings. The van der Waals surface area contributed by atoms with Crippen LogP contribution in [0.3, 0.4) is 0 Å². The molecule has 0 saturated carbocycles. The standard InChI is InChI=1S/2C22H32O2.C2H6/c2*1-17(9-7-10-18(2)14-16-24-20(4)23)12-13-21-19(3)11-8-15-22(21,5)6;1-2/h7,9-10,12-14H,8,11,15-16H2,1-6H3;9,12-14,16H,2,7-8,10-11,15H2,1,3-6H3;1-2H3/b10-7+,13-12+,17-9+,18-14+;13-12+,16-14+,17-9+;. The van der Waals surface area contributed by atoms with Gasteiger partial charge in [-0.05, 0) is 120 Å². The molecule has 0 heterocycles. The summed E-state index contributed by atoms with van der Waals surface area (Å²) in [6.07, 6.45) is 31.8. The SMILES string of the molecule is C=C(/C=C/OC(C)=O)CC/C=C(C)/C=C/C1=C(C)CCCC1(C)C.CC.CC(=O)OC/C=C(C)/C=C/C=C(C)/C=C/C1=C(C)CCCC1(C)C. The predicted octanol–water partition coefficient (Wildman–Crippen LogP) is 13.5. The fourth-order valence-electron chi connectivity index (χ4n) is 6.08. The van der Waals surface area contributed by atoms with Crippen LogP contribution in [0.1, 0.15) is 141 Å². The van der Waals surface area contributed by atoms with Gasteiger partial charge in [-0.1, -0.05) is 130 Å². The number of esters is 2. The molecule has 0 amide bonds. The molecular formula is C46H70O4. The van der Waals surface area contributed by atoms with E-state index in [4.69, 9.17) is 9.47 Å². The second-order valence-corrected chi connectivity index (χ2v) is 14.6. The average Bonchev–Trinajstić information content (AvgIpc) is 3.01. The maximum Gasteiger partial charge on any atom is 0.307 e. The molecule has 2 aliphatic rings. The summed E-state index contributed by atoms with van der Waals surface area (Å²) < 4.78 is 9.66. The van der Waals surface area contributed by atoms with Crippen LogP contribution >= 0.6 is 0 Å². The normalized spacial score (nSPS) is 18.3. The van der Waals surface area contributed by atoms with Gasteiger partial charge in [0, 0.05) is 13.8 Å². The fraction of sp³-hybridized carbons (Fsp3) is 0.522. The van der Waals surface area contributed by atoms with Gasteiger partial charge >= 0.3 is 11.9 Å². The first kappa shape index (κ1) is 46.3. The van der Waals surface area contributed by atoms with Gasteiger partial charge in [0.15, 0.2) is 0 Å². The van der Waals surface area contributed by atoms with E-state index in [9.17, 15) is 9.59 Å². The van der Waals surface area contributed by atoms with E-state index in [-0.39, 0.29) is 22.8 Å². The lowest BCUT2D eigenvalue weighted by atomic mass is 9.72. The minimum absolute atomic E-state index is 0.251. The highest BCUT2D eigenvalue weighted by Crippen LogP contribution is 2.41. The molecule has 0 N–H and O–H groups in total. The van der Waals surface area contributed by atoms with Crippen molar-refractivity contribution >= 4 is 11.9 Å². The van der Waals surface area contributed by atoms with Crippen molar-refractivity contribution in [1.29, 1.82) is 0 Å². The highest BCUT2D eigenvalue weighted by molar-refractivity contribution is 5.66. The molecule has 0 spiro atoms. The van der Waals surface area contributed by atoms with Crippen LogP contribution in [0.25, 0.3) is 0 Å². The molecule has 4 heteroatoms. The van der Waals surface area contributed by atoms with Crippen LogP contribution in [0.15, 0.2) is 118 Å². The molecule has 0 aromatic rings. The van der Waals surface area contributed by atoms with Gasteiger partial charge in [0.25, 0.3) is 0 Å². The zero-order valence-electron chi connectivity index (χ0n) is 34.1. The molecule has 0 bridgehead atoms. The van der Waals surface area contributed by atoms with Crippen molar-refractivity contribution in [2.75, 3.05) is 6.61 Å². The van der Waals surface area contributed by atoms with Gasteiger partial charge in [-0.3, -0.25) is 9.59 Å². The lowest BCUT2D eigenvalue weighted by Gasteiger charge is -2.33. The highest BCUT2D eigenvalue weighted by Gasteiger charge is 2.27. The highest BCUT2D eigenvalue weighted by atomic mass is 16.5. The number of allylic oxidation sites excluding steroid dienone is 17. The largest absolute Gasteiger partial charge is 0.462 e. The molecule has 0 saturated heterocycles. The van der Waals surface area contributed by atoms with Gasteiger partial charge in [-0.2, -0.15) is 0 Å². The first-order chi connectivity index (χ1) is 23.4. The minimum Gasteiger partial charge on any atom is -0.462 e. The van der Waals surface area contributed by atoms with E-state index in [0.29, 0.717) is 6.61 Å². The van der Waals surface area contributed by atoms with Gasteiger partial charge in [-0.15, -0.1) is 0 Å². The van der Waals surface area contributed by atoms with Crippen LogP contribution < -0.4 is 0 Å². The first-order valence-electron chi connectivity index (χ1n) is 18.5. The molecule has 0 atom stereocenters. The van der Waals surface area contributed by atoms with Gasteiger partial charge in [0.2, 0.25) is 0 Å². The first-order valence-corrected chi connectivity index (χ1v) is 18.5. The van der Waals surface area contributed by atoms with Crippen molar-refractivity contribution in [2.24, 2.45) is 10.8 Å². The van der Waals surface area contributed by atoms with Crippen molar-refractivity contribution in [3.8, 4) is 0 Å². The maximum atomic E-state index is 10.7. The Morgan fingerprint density at radius 1 is 0.720 bits per heavy atom. The lowest BCUT2D eigenvalue weighted by molar-refractivity contribution is -0.139. The quantitative estimate of drug-likeness (QED) is 0.110. The summed E-state index contributed by atoms with van der Waals surface area (Å²) in [6.45, 7) is 31.2. The van der Waals surface area contributed by atoms with E-state index < -0.39 is 0 Å². The summed E-state index contributed by atoms with van der Waals surface area (Å²) in [5.41, 5.74) is 11.1. The Labute approximate surface area is 307 Å². The number of hydrogen-bond acceptors (Lipinski definition) is 4. The molecule has 0 aliphatic heterocycles. The fourth-order valence-corrected chi connectivity index (χ4v) is 6.08. The van der Waals surface area contributed by atoms with E-state index in [1.54, 1.807) is 6.08 Å². The summed E-state index contributed by atoms with van der Waals surface area (Å²) in [5, 5.41) is 0. The predicted molar refractivity (Wildman–Crippen MR) is 217 cm³/mol. The number of ether oxygens (including phenoxy) is 2. The zero-order chi connectivity index (χ0) is 38.3. The van der Waals surface area contributed by atoms with E-state index in [0.717, 1.165) is 24.0 Å². The molecular weight excluding hydrogens is 617 g/mol. The van der Waals surface area contributed by atoms with Crippen molar-refractivity contribution < 1.29 is 19.1 Å². The van der Waals surface area contributed by atoms with Gasteiger partial charge in [-0.25, -0.2) is 0 Å². The number of carbonyl (C=O) groups is 2. The monoisotopic (exact) mass is 687 g/mol. The summed E-state index contributed by atoms with van der Waals surface area (Å²) in [7, 11) is 0. The molecule has 4 nitrogen and oxygen atoms in total. The second-order valence-electron chi connectivity index (χ2n) is 14.6. The number of hydrogen-bond donors (Lipinski definition) is 0. The Hall–Kier alpha value is -3.66. The van der Waals surface area contributed by atoms with Crippen LogP contribution in [0, 0.1) is 10.8 Å². The van der Waals surface area contributed by atoms with Crippen LogP contribution in [0.5, 0.6) is 0 Å². The Bertz CT molecular complexity index is 1390. The van der Waals surface area contributed by atoms with E-state index in [1.165, 1.54) is 92.1 Å². The third-order valence-electron chi connectivity index (χ3n) is 8.99. The second kappa shape index (κ2) is 24.5. The molecule has 278 valence electrons. The van der Waals surface area contributed by atoms with Crippen molar-refractivity contribution in [1.82, 2.24) is 0 Å². The van der Waals surface area contributed by atoms with Crippen LogP contribution in [0.2, 0.25) is 0 Å². The Morgan fingerprint density at radius 2 is 1.22 bits per heavy atom. The van der Waals surface area contributed by atoms with E-state index in [1.807, 2.05) is 39.0 Å². The van der Waals surface area contributed by atoms with Crippen molar-refractivity contribution in [3.05, 3.63) is 118 Å². The summed E-state index contributed by atoms with van der Waals surface area (Å²) in [6, 6.07) is 0. The topological polar surface area (TPSA) is 52.6 Å². The molecule has 2 aliphatic carbocycles. The molecule has 0 radical (unpaired) electrons. The van der Waals surface area contributed by atoms with E-state index >= 15 is 0 Å². The van der Waals surface area contributed by atoms with Crippen LogP contribution in [-0.4, -0.2) is 18.5 Å². The van der Waals surface area contributed by atoms with Crippen LogP contribution in [-0.2, 0) is 19.1 Å². The van der Waals surface area contributed by atoms with Crippen molar-refractivity contribution in [3.63, 3.8) is 0 Å². The van der Waals surface area contributed by atoms with Gasteiger partial charge in [0.1, 0.15) is 6.61 Å². The average molecular weight is 687 g/mol. The van der Waals surface area contributed by atoms with E-state index in [2.05, 4.69) is 98.4 Å². The molecule has 0 aromatic carbocycles. The third-order valence-corrected chi connectivity index (χ3v) is 8.99. The Balaban J connectivity index is 0.000000915. The minimum atomic E-state index is -0.310. The Kier molecular flexibility index (Phi) is 22.7. The zero-order valence-corrected chi connectivity index (χ0v) is 34.1. The lowest BCUT2D eigenvalue weighted by Crippen LogP contribution is -2.19. The number of rotatable bonds is 13. The number of carbonyl (C=O) groups excluding carboxylic acids is 2. The van der Waals surface area contributed by atoms with Crippen LogP contribution in [0.4, 0.5) is 0 Å². The molecule has 50 heavy (non-hydrogen) atoms. The summed E-state index contributed by atoms with van der Waals surface area (Å²) in [4.78, 5) is 21.4. The summed E-state index contributed by atoms with van der Waals surface area (Å²) in [5.74, 6) is -0.561. The molecule has 0 aromatic heterocycles. The third kappa shape index (κ3) is 20.1. The maximum absolute atomic E-state index is 10.7. The molecule has 0 unspecified atom stereocenters.